The third-order valence-electron chi connectivity index (χ3n) is 4.66. The number of allylic oxidation sites excluding steroid dienone is 4. The predicted octanol–water partition coefficient (Wildman–Crippen LogP) is 6.29. The zero-order chi connectivity index (χ0) is 19.1. The molecule has 2 aromatic rings. The number of aromatic hydroxyl groups is 2. The zero-order valence-electron chi connectivity index (χ0n) is 15.8. The van der Waals surface area contributed by atoms with E-state index in [1.54, 1.807) is 24.3 Å². The molecule has 136 valence electrons. The Bertz CT molecular complexity index is 759. The summed E-state index contributed by atoms with van der Waals surface area (Å²) in [6.45, 7) is 11.8. The lowest BCUT2D eigenvalue weighted by molar-refractivity contribution is 0.469. The van der Waals surface area contributed by atoms with Crippen LogP contribution in [0.1, 0.15) is 48.9 Å². The quantitative estimate of drug-likeness (QED) is 0.435. The van der Waals surface area contributed by atoms with E-state index in [1.165, 1.54) is 11.1 Å². The van der Waals surface area contributed by atoms with Crippen LogP contribution in [0.25, 0.3) is 11.1 Å². The Kier molecular flexibility index (Phi) is 6.85. The van der Waals surface area contributed by atoms with Crippen LogP contribution in [-0.2, 0) is 12.8 Å². The number of hydrogen-bond donors (Lipinski definition) is 2. The molecular weight excluding hydrogens is 320 g/mol. The van der Waals surface area contributed by atoms with Crippen LogP contribution in [0.15, 0.2) is 61.7 Å². The number of phenols is 2. The maximum absolute atomic E-state index is 10.1. The molecule has 2 aromatic carbocycles. The van der Waals surface area contributed by atoms with Crippen molar-refractivity contribution in [2.45, 2.75) is 39.5 Å². The first-order valence-electron chi connectivity index (χ1n) is 9.13. The van der Waals surface area contributed by atoms with Crippen molar-refractivity contribution in [1.82, 2.24) is 0 Å². The van der Waals surface area contributed by atoms with Crippen LogP contribution in [0.5, 0.6) is 11.5 Å². The fourth-order valence-corrected chi connectivity index (χ4v) is 3.37. The minimum absolute atomic E-state index is 0.306. The Labute approximate surface area is 156 Å². The summed E-state index contributed by atoms with van der Waals surface area (Å²) in [4.78, 5) is 0. The Morgan fingerprint density at radius 1 is 0.769 bits per heavy atom. The summed E-state index contributed by atoms with van der Waals surface area (Å²) in [6.07, 6.45) is 6.66. The Hall–Kier alpha value is -2.74. The van der Waals surface area contributed by atoms with Gasteiger partial charge in [0.1, 0.15) is 11.5 Å². The highest BCUT2D eigenvalue weighted by molar-refractivity contribution is 5.91. The smallest absolute Gasteiger partial charge is 0.119 e. The number of phenolic OH excluding ortho intramolecular Hbond substituents is 2. The average molecular weight is 348 g/mol. The lowest BCUT2D eigenvalue weighted by Crippen LogP contribution is -1.95. The fourth-order valence-electron chi connectivity index (χ4n) is 3.37. The van der Waals surface area contributed by atoms with Gasteiger partial charge < -0.3 is 10.2 Å². The van der Waals surface area contributed by atoms with Crippen LogP contribution in [0.3, 0.4) is 0 Å². The first kappa shape index (κ1) is 19.6. The molecule has 0 spiro atoms. The van der Waals surface area contributed by atoms with E-state index in [1.807, 2.05) is 12.1 Å². The van der Waals surface area contributed by atoms with Crippen molar-refractivity contribution in [3.8, 4) is 11.5 Å². The minimum Gasteiger partial charge on any atom is -0.508 e. The van der Waals surface area contributed by atoms with Gasteiger partial charge >= 0.3 is 0 Å². The van der Waals surface area contributed by atoms with Crippen molar-refractivity contribution in [3.63, 3.8) is 0 Å². The van der Waals surface area contributed by atoms with E-state index in [0.29, 0.717) is 24.3 Å². The SMILES string of the molecule is C=CCc1cc(/C(CC)=C(\CC)c2ccc(O)c(CC=C)c2)ccc1O. The van der Waals surface area contributed by atoms with Crippen LogP contribution < -0.4 is 0 Å². The molecule has 0 fully saturated rings. The average Bonchev–Trinajstić information content (AvgIpc) is 2.64. The van der Waals surface area contributed by atoms with Crippen molar-refractivity contribution < 1.29 is 10.2 Å². The first-order valence-corrected chi connectivity index (χ1v) is 9.13. The highest BCUT2D eigenvalue weighted by Crippen LogP contribution is 2.35. The molecule has 0 aromatic heterocycles. The fraction of sp³-hybridized carbons (Fsp3) is 0.250. The van der Waals surface area contributed by atoms with E-state index in [2.05, 4.69) is 39.1 Å². The van der Waals surface area contributed by atoms with Crippen molar-refractivity contribution in [2.24, 2.45) is 0 Å². The first-order chi connectivity index (χ1) is 12.5. The summed E-state index contributed by atoms with van der Waals surface area (Å²) in [5.41, 5.74) is 6.53. The lowest BCUT2D eigenvalue weighted by atomic mass is 9.89. The summed E-state index contributed by atoms with van der Waals surface area (Å²) in [5.74, 6) is 0.611. The van der Waals surface area contributed by atoms with Crippen molar-refractivity contribution in [3.05, 3.63) is 84.0 Å². The highest BCUT2D eigenvalue weighted by atomic mass is 16.3. The predicted molar refractivity (Wildman–Crippen MR) is 111 cm³/mol. The topological polar surface area (TPSA) is 40.5 Å². The molecule has 2 N–H and O–H groups in total. The van der Waals surface area contributed by atoms with Gasteiger partial charge in [-0.15, -0.1) is 13.2 Å². The molecule has 26 heavy (non-hydrogen) atoms. The third-order valence-corrected chi connectivity index (χ3v) is 4.66. The van der Waals surface area contributed by atoms with E-state index in [0.717, 1.165) is 35.1 Å². The molecule has 0 aliphatic heterocycles. The van der Waals surface area contributed by atoms with Gasteiger partial charge in [-0.1, -0.05) is 38.1 Å². The molecule has 0 heterocycles. The Balaban J connectivity index is 2.61. The molecule has 0 amide bonds. The van der Waals surface area contributed by atoms with Gasteiger partial charge in [0.25, 0.3) is 0 Å². The largest absolute Gasteiger partial charge is 0.508 e. The molecular formula is C24H28O2. The summed E-state index contributed by atoms with van der Waals surface area (Å²) in [7, 11) is 0. The molecule has 2 nitrogen and oxygen atoms in total. The molecule has 0 saturated heterocycles. The number of hydrogen-bond acceptors (Lipinski definition) is 2. The molecule has 2 rings (SSSR count). The van der Waals surface area contributed by atoms with Gasteiger partial charge in [0.15, 0.2) is 0 Å². The standard InChI is InChI=1S/C24H28O2/c1-5-9-19-15-17(11-13-23(19)25)21(7-3)22(8-4)18-12-14-24(26)20(16-18)10-6-2/h5-6,11-16,25-26H,1-2,7-10H2,3-4H3/b22-21+. The Morgan fingerprint density at radius 2 is 1.15 bits per heavy atom. The maximum Gasteiger partial charge on any atom is 0.119 e. The van der Waals surface area contributed by atoms with Crippen molar-refractivity contribution >= 4 is 11.1 Å². The molecule has 0 atom stereocenters. The van der Waals surface area contributed by atoms with Crippen molar-refractivity contribution in [1.29, 1.82) is 0 Å². The molecule has 0 unspecified atom stereocenters. The van der Waals surface area contributed by atoms with Crippen LogP contribution in [-0.4, -0.2) is 10.2 Å². The minimum atomic E-state index is 0.306. The summed E-state index contributed by atoms with van der Waals surface area (Å²) in [6, 6.07) is 11.6. The van der Waals surface area contributed by atoms with Gasteiger partial charge in [-0.25, -0.2) is 0 Å². The van der Waals surface area contributed by atoms with E-state index >= 15 is 0 Å². The molecule has 0 saturated carbocycles. The summed E-state index contributed by atoms with van der Waals surface area (Å²) >= 11 is 0. The lowest BCUT2D eigenvalue weighted by Gasteiger charge is -2.16. The van der Waals surface area contributed by atoms with Gasteiger partial charge in [-0.05, 0) is 83.3 Å². The van der Waals surface area contributed by atoms with Crippen LogP contribution >= 0.6 is 0 Å². The number of rotatable bonds is 8. The van der Waals surface area contributed by atoms with Gasteiger partial charge in [-0.2, -0.15) is 0 Å². The Morgan fingerprint density at radius 3 is 1.46 bits per heavy atom. The third kappa shape index (κ3) is 4.26. The highest BCUT2D eigenvalue weighted by Gasteiger charge is 2.12. The van der Waals surface area contributed by atoms with E-state index in [-0.39, 0.29) is 0 Å². The van der Waals surface area contributed by atoms with Crippen LogP contribution in [0.2, 0.25) is 0 Å². The summed E-state index contributed by atoms with van der Waals surface area (Å²) < 4.78 is 0. The van der Waals surface area contributed by atoms with Crippen LogP contribution in [0, 0.1) is 0 Å². The van der Waals surface area contributed by atoms with Crippen LogP contribution in [0.4, 0.5) is 0 Å². The van der Waals surface area contributed by atoms with E-state index in [9.17, 15) is 10.2 Å². The maximum atomic E-state index is 10.1. The van der Waals surface area contributed by atoms with Gasteiger partial charge in [0.05, 0.1) is 0 Å². The second kappa shape index (κ2) is 9.10. The number of benzene rings is 2. The monoisotopic (exact) mass is 348 g/mol. The van der Waals surface area contributed by atoms with E-state index < -0.39 is 0 Å². The van der Waals surface area contributed by atoms with Crippen molar-refractivity contribution in [2.75, 3.05) is 0 Å². The van der Waals surface area contributed by atoms with Gasteiger partial charge in [0.2, 0.25) is 0 Å². The van der Waals surface area contributed by atoms with E-state index in [4.69, 9.17) is 0 Å². The summed E-state index contributed by atoms with van der Waals surface area (Å²) in [5, 5.41) is 20.1. The molecule has 0 aliphatic rings. The molecule has 0 aliphatic carbocycles. The molecule has 0 bridgehead atoms. The zero-order valence-corrected chi connectivity index (χ0v) is 15.8. The molecule has 2 heteroatoms. The van der Waals surface area contributed by atoms with Gasteiger partial charge in [0, 0.05) is 0 Å². The molecule has 0 radical (unpaired) electrons. The van der Waals surface area contributed by atoms with Gasteiger partial charge in [-0.3, -0.25) is 0 Å². The second-order valence-corrected chi connectivity index (χ2v) is 6.34. The normalized spacial score (nSPS) is 11.8. The second-order valence-electron chi connectivity index (χ2n) is 6.34.